The fraction of sp³-hybridized carbons (Fsp3) is 0.429. The predicted molar refractivity (Wildman–Crippen MR) is 115 cm³/mol. The van der Waals surface area contributed by atoms with Crippen LogP contribution in [0, 0.1) is 13.8 Å². The average Bonchev–Trinajstić information content (AvgIpc) is 3.29. The summed E-state index contributed by atoms with van der Waals surface area (Å²) in [6.45, 7) is 8.12. The molecule has 1 amide bonds. The molecule has 0 fully saturated rings. The van der Waals surface area contributed by atoms with E-state index in [9.17, 15) is 9.90 Å². The Hall–Kier alpha value is -2.85. The summed E-state index contributed by atoms with van der Waals surface area (Å²) in [5.74, 6) is 1.08. The topological polar surface area (TPSA) is 111 Å². The number of fused-ring (bicyclic) bond motifs is 2. The lowest BCUT2D eigenvalue weighted by Gasteiger charge is -2.16. The second kappa shape index (κ2) is 8.35. The van der Waals surface area contributed by atoms with Crippen molar-refractivity contribution in [3.8, 4) is 11.5 Å². The largest absolute Gasteiger partial charge is 0.454 e. The van der Waals surface area contributed by atoms with E-state index in [0.717, 1.165) is 44.0 Å². The van der Waals surface area contributed by atoms with E-state index in [0.29, 0.717) is 19.5 Å². The zero-order valence-corrected chi connectivity index (χ0v) is 18.7. The fourth-order valence-corrected chi connectivity index (χ4v) is 4.20. The maximum absolute atomic E-state index is 11.9. The van der Waals surface area contributed by atoms with Crippen LogP contribution in [0.3, 0.4) is 0 Å². The average molecular weight is 444 g/mol. The van der Waals surface area contributed by atoms with Gasteiger partial charge >= 0.3 is 0 Å². The van der Waals surface area contributed by atoms with Crippen LogP contribution in [0.4, 0.5) is 0 Å². The van der Waals surface area contributed by atoms with Gasteiger partial charge in [-0.3, -0.25) is 4.79 Å². The normalized spacial score (nSPS) is 13.1. The van der Waals surface area contributed by atoms with Crippen LogP contribution in [0.2, 0.25) is 0 Å². The Morgan fingerprint density at radius 1 is 1.26 bits per heavy atom. The van der Waals surface area contributed by atoms with Crippen molar-refractivity contribution in [3.63, 3.8) is 0 Å². The van der Waals surface area contributed by atoms with Crippen molar-refractivity contribution in [2.45, 2.75) is 56.3 Å². The zero-order valence-electron chi connectivity index (χ0n) is 17.9. The molecule has 1 aliphatic heterocycles. The van der Waals surface area contributed by atoms with Gasteiger partial charge < -0.3 is 24.5 Å². The van der Waals surface area contributed by atoms with E-state index in [-0.39, 0.29) is 6.79 Å². The summed E-state index contributed by atoms with van der Waals surface area (Å²) in [5.41, 5.74) is 1.98. The Morgan fingerprint density at radius 3 is 2.74 bits per heavy atom. The van der Waals surface area contributed by atoms with Crippen LogP contribution in [0.15, 0.2) is 28.5 Å². The number of aromatic nitrogens is 4. The summed E-state index contributed by atoms with van der Waals surface area (Å²) in [6, 6.07) is 3.93. The molecular weight excluding hydrogens is 418 g/mol. The minimum atomic E-state index is -1.40. The monoisotopic (exact) mass is 443 g/mol. The number of rotatable bonds is 7. The molecule has 10 heteroatoms. The summed E-state index contributed by atoms with van der Waals surface area (Å²) < 4.78 is 13.0. The molecule has 31 heavy (non-hydrogen) atoms. The van der Waals surface area contributed by atoms with Gasteiger partial charge in [-0.05, 0) is 51.8 Å². The molecule has 164 valence electrons. The highest BCUT2D eigenvalue weighted by molar-refractivity contribution is 7.99. The molecule has 9 nitrogen and oxygen atoms in total. The van der Waals surface area contributed by atoms with Gasteiger partial charge in [-0.2, -0.15) is 0 Å². The van der Waals surface area contributed by atoms with Crippen LogP contribution >= 0.6 is 11.8 Å². The lowest BCUT2D eigenvalue weighted by Crippen LogP contribution is -2.42. The van der Waals surface area contributed by atoms with Crippen LogP contribution in [0.25, 0.3) is 11.2 Å². The molecular formula is C21H25N5O4S. The minimum Gasteiger partial charge on any atom is -0.454 e. The van der Waals surface area contributed by atoms with Gasteiger partial charge in [0.15, 0.2) is 22.3 Å². The number of ether oxygens (including phenoxy) is 2. The molecule has 0 unspecified atom stereocenters. The Morgan fingerprint density at radius 2 is 2.00 bits per heavy atom. The molecule has 0 saturated heterocycles. The first kappa shape index (κ1) is 21.4. The first-order valence-corrected chi connectivity index (χ1v) is 10.8. The molecule has 0 bridgehead atoms. The van der Waals surface area contributed by atoms with E-state index in [4.69, 9.17) is 14.5 Å². The number of carbonyl (C=O) groups excluding carboxylic acids is 1. The predicted octanol–water partition coefficient (Wildman–Crippen LogP) is 2.60. The number of aryl methyl sites for hydroxylation is 3. The van der Waals surface area contributed by atoms with Crippen LogP contribution in [0.1, 0.15) is 31.5 Å². The number of amides is 1. The van der Waals surface area contributed by atoms with Gasteiger partial charge in [0.1, 0.15) is 17.4 Å². The fourth-order valence-electron chi connectivity index (χ4n) is 3.20. The van der Waals surface area contributed by atoms with Gasteiger partial charge in [0, 0.05) is 18.0 Å². The first-order valence-electron chi connectivity index (χ1n) is 10.0. The van der Waals surface area contributed by atoms with Crippen molar-refractivity contribution in [1.82, 2.24) is 24.8 Å². The zero-order chi connectivity index (χ0) is 22.2. The van der Waals surface area contributed by atoms with Crippen molar-refractivity contribution in [3.05, 3.63) is 29.7 Å². The van der Waals surface area contributed by atoms with E-state index in [1.165, 1.54) is 31.9 Å². The molecule has 0 radical (unpaired) electrons. The Bertz CT molecular complexity index is 1140. The van der Waals surface area contributed by atoms with Gasteiger partial charge in [-0.25, -0.2) is 15.0 Å². The number of benzene rings is 1. The summed E-state index contributed by atoms with van der Waals surface area (Å²) in [7, 11) is 0. The van der Waals surface area contributed by atoms with Crippen molar-refractivity contribution in [2.24, 2.45) is 0 Å². The van der Waals surface area contributed by atoms with Crippen LogP contribution < -0.4 is 14.8 Å². The van der Waals surface area contributed by atoms with Crippen molar-refractivity contribution < 1.29 is 19.4 Å². The van der Waals surface area contributed by atoms with Crippen LogP contribution in [-0.2, 0) is 11.3 Å². The molecule has 0 spiro atoms. The second-order valence-electron chi connectivity index (χ2n) is 7.92. The van der Waals surface area contributed by atoms with Gasteiger partial charge in [0.2, 0.25) is 6.79 Å². The maximum atomic E-state index is 11.9. The molecule has 1 aliphatic rings. The summed E-state index contributed by atoms with van der Waals surface area (Å²) in [4.78, 5) is 26.4. The number of nitrogens with zero attached hydrogens (tertiary/aromatic N) is 4. The van der Waals surface area contributed by atoms with Crippen LogP contribution in [-0.4, -0.2) is 49.5 Å². The first-order chi connectivity index (χ1) is 14.7. The van der Waals surface area contributed by atoms with Gasteiger partial charge in [-0.15, -0.1) is 0 Å². The molecule has 0 atom stereocenters. The van der Waals surface area contributed by atoms with Gasteiger partial charge in [0.25, 0.3) is 5.91 Å². The molecule has 0 aliphatic carbocycles. The van der Waals surface area contributed by atoms with Gasteiger partial charge in [0.05, 0.1) is 5.69 Å². The number of nitrogens with one attached hydrogen (secondary N) is 1. The standard InChI is InChI=1S/C21H25N5O4S/c1-12-8-14-15(30-11-29-14)9-16(12)31-20-25-17-13(2)23-10-24-18(17)26(20)7-5-6-22-19(27)21(3,4)28/h8-10,28H,5-7,11H2,1-4H3,(H,22,27). The number of imidazole rings is 1. The van der Waals surface area contributed by atoms with E-state index >= 15 is 0 Å². The minimum absolute atomic E-state index is 0.229. The maximum Gasteiger partial charge on any atom is 0.251 e. The SMILES string of the molecule is Cc1cc2c(cc1Sc1nc3c(C)ncnc3n1CCCNC(=O)C(C)(C)O)OCO2. The third kappa shape index (κ3) is 4.45. The highest BCUT2D eigenvalue weighted by atomic mass is 32.2. The molecule has 2 N–H and O–H groups in total. The summed E-state index contributed by atoms with van der Waals surface area (Å²) >= 11 is 1.53. The molecule has 1 aromatic carbocycles. The highest BCUT2D eigenvalue weighted by Gasteiger charge is 2.23. The third-order valence-electron chi connectivity index (χ3n) is 4.95. The Kier molecular flexibility index (Phi) is 5.76. The number of hydrogen-bond donors (Lipinski definition) is 2. The number of hydrogen-bond acceptors (Lipinski definition) is 8. The Balaban J connectivity index is 1.58. The van der Waals surface area contributed by atoms with Gasteiger partial charge in [-0.1, -0.05) is 11.8 Å². The summed E-state index contributed by atoms with van der Waals surface area (Å²) in [5, 5.41) is 13.3. The third-order valence-corrected chi connectivity index (χ3v) is 6.11. The van der Waals surface area contributed by atoms with E-state index in [1.54, 1.807) is 0 Å². The number of carbonyl (C=O) groups is 1. The second-order valence-corrected chi connectivity index (χ2v) is 8.93. The lowest BCUT2D eigenvalue weighted by atomic mass is 10.1. The molecule has 4 rings (SSSR count). The Labute approximate surface area is 184 Å². The molecule has 0 saturated carbocycles. The van der Waals surface area contributed by atoms with E-state index < -0.39 is 11.5 Å². The quantitative estimate of drug-likeness (QED) is 0.536. The smallest absolute Gasteiger partial charge is 0.251 e. The van der Waals surface area contributed by atoms with Crippen molar-refractivity contribution >= 4 is 28.8 Å². The van der Waals surface area contributed by atoms with Crippen molar-refractivity contribution in [1.29, 1.82) is 0 Å². The van der Waals surface area contributed by atoms with E-state index in [2.05, 4.69) is 15.3 Å². The van der Waals surface area contributed by atoms with E-state index in [1.807, 2.05) is 30.5 Å². The molecule has 3 heterocycles. The molecule has 3 aromatic rings. The number of aliphatic hydroxyl groups is 1. The molecule has 2 aromatic heterocycles. The van der Waals surface area contributed by atoms with Crippen molar-refractivity contribution in [2.75, 3.05) is 13.3 Å². The highest BCUT2D eigenvalue weighted by Crippen LogP contribution is 2.40. The lowest BCUT2D eigenvalue weighted by molar-refractivity contribution is -0.136. The summed E-state index contributed by atoms with van der Waals surface area (Å²) in [6.07, 6.45) is 2.19. The van der Waals surface area contributed by atoms with Crippen LogP contribution in [0.5, 0.6) is 11.5 Å².